The molecular formula is C26H29IN8O2. The van der Waals surface area contributed by atoms with E-state index >= 15 is 0 Å². The number of anilines is 4. The second kappa shape index (κ2) is 11.6. The molecule has 0 bridgehead atoms. The Balaban J connectivity index is 1.70. The van der Waals surface area contributed by atoms with Crippen molar-refractivity contribution in [1.29, 1.82) is 0 Å². The number of methoxy groups -OCH3 is 1. The standard InChI is InChI=1S/C26H29IN8O2/c1-6-24(36)30-19-14-20(23(37-5)15-21(19)34(4)13-12-33(2)3)32-26-28-10-9-18(31-26)22-16-29-25-17(27)8-7-11-35(22)25/h6-11,14-16H,1,12-13H2,2-5H3,(H,30,36)(H,28,31,32). The van der Waals surface area contributed by atoms with E-state index in [-0.39, 0.29) is 5.91 Å². The lowest BCUT2D eigenvalue weighted by molar-refractivity contribution is -0.111. The van der Waals surface area contributed by atoms with E-state index < -0.39 is 0 Å². The predicted octanol–water partition coefficient (Wildman–Crippen LogP) is 4.27. The Labute approximate surface area is 229 Å². The van der Waals surface area contributed by atoms with Gasteiger partial charge in [-0.25, -0.2) is 15.0 Å². The van der Waals surface area contributed by atoms with Gasteiger partial charge in [0.15, 0.2) is 5.65 Å². The molecule has 37 heavy (non-hydrogen) atoms. The Morgan fingerprint density at radius 2 is 2.00 bits per heavy atom. The molecule has 0 aliphatic carbocycles. The Morgan fingerprint density at radius 1 is 1.19 bits per heavy atom. The number of carbonyl (C=O) groups is 1. The summed E-state index contributed by atoms with van der Waals surface area (Å²) in [5.41, 5.74) is 4.46. The molecule has 192 valence electrons. The molecule has 1 amide bonds. The molecule has 4 rings (SSSR count). The van der Waals surface area contributed by atoms with Crippen LogP contribution in [0.2, 0.25) is 0 Å². The molecule has 0 saturated carbocycles. The van der Waals surface area contributed by atoms with E-state index in [2.05, 4.69) is 59.6 Å². The number of carbonyl (C=O) groups excluding carboxylic acids is 1. The molecule has 0 unspecified atom stereocenters. The zero-order chi connectivity index (χ0) is 26.5. The van der Waals surface area contributed by atoms with Gasteiger partial charge in [-0.15, -0.1) is 0 Å². The Kier molecular flexibility index (Phi) is 8.24. The lowest BCUT2D eigenvalue weighted by Gasteiger charge is -2.26. The number of imidazole rings is 1. The maximum atomic E-state index is 12.2. The third-order valence-corrected chi connectivity index (χ3v) is 6.55. The first kappa shape index (κ1) is 26.4. The van der Waals surface area contributed by atoms with E-state index in [1.165, 1.54) is 6.08 Å². The van der Waals surface area contributed by atoms with Crippen LogP contribution in [0.3, 0.4) is 0 Å². The molecule has 0 fully saturated rings. The van der Waals surface area contributed by atoms with Gasteiger partial charge in [0.2, 0.25) is 11.9 Å². The highest BCUT2D eigenvalue weighted by Crippen LogP contribution is 2.38. The van der Waals surface area contributed by atoms with Crippen LogP contribution in [0.25, 0.3) is 17.0 Å². The van der Waals surface area contributed by atoms with E-state index in [4.69, 9.17) is 9.72 Å². The number of aromatic nitrogens is 4. The van der Waals surface area contributed by atoms with Crippen molar-refractivity contribution in [2.24, 2.45) is 0 Å². The molecule has 0 atom stereocenters. The zero-order valence-electron chi connectivity index (χ0n) is 21.2. The summed E-state index contributed by atoms with van der Waals surface area (Å²) in [7, 11) is 7.61. The predicted molar refractivity (Wildman–Crippen MR) is 156 cm³/mol. The fourth-order valence-electron chi connectivity index (χ4n) is 3.75. The highest BCUT2D eigenvalue weighted by Gasteiger charge is 2.17. The van der Waals surface area contributed by atoms with E-state index in [0.29, 0.717) is 28.8 Å². The molecule has 0 saturated heterocycles. The number of pyridine rings is 1. The van der Waals surface area contributed by atoms with Crippen molar-refractivity contribution in [2.75, 3.05) is 56.9 Å². The topological polar surface area (TPSA) is 99.9 Å². The van der Waals surface area contributed by atoms with Crippen LogP contribution < -0.4 is 20.3 Å². The Morgan fingerprint density at radius 3 is 2.73 bits per heavy atom. The van der Waals surface area contributed by atoms with Gasteiger partial charge >= 0.3 is 0 Å². The summed E-state index contributed by atoms with van der Waals surface area (Å²) in [6.07, 6.45) is 6.68. The highest BCUT2D eigenvalue weighted by molar-refractivity contribution is 14.1. The molecule has 4 aromatic rings. The van der Waals surface area contributed by atoms with Crippen LogP contribution in [-0.2, 0) is 4.79 Å². The van der Waals surface area contributed by atoms with Crippen LogP contribution in [-0.4, -0.2) is 71.5 Å². The molecule has 1 aromatic carbocycles. The SMILES string of the molecule is C=CC(=O)Nc1cc(Nc2nccc(-c3cnc4c(I)cccn34)n2)c(OC)cc1N(C)CCN(C)C. The summed E-state index contributed by atoms with van der Waals surface area (Å²) in [6.45, 7) is 5.17. The quantitative estimate of drug-likeness (QED) is 0.203. The van der Waals surface area contributed by atoms with Crippen molar-refractivity contribution in [2.45, 2.75) is 0 Å². The van der Waals surface area contributed by atoms with Gasteiger partial charge in [0.05, 0.1) is 45.3 Å². The lowest BCUT2D eigenvalue weighted by atomic mass is 10.2. The second-order valence-corrected chi connectivity index (χ2v) is 9.73. The van der Waals surface area contributed by atoms with Crippen molar-refractivity contribution in [3.63, 3.8) is 0 Å². The average Bonchev–Trinajstić information content (AvgIpc) is 3.33. The molecule has 2 N–H and O–H groups in total. The largest absolute Gasteiger partial charge is 0.494 e. The summed E-state index contributed by atoms with van der Waals surface area (Å²) in [5, 5.41) is 6.16. The highest BCUT2D eigenvalue weighted by atomic mass is 127. The number of halogens is 1. The number of nitrogens with zero attached hydrogens (tertiary/aromatic N) is 6. The van der Waals surface area contributed by atoms with E-state index in [9.17, 15) is 4.79 Å². The van der Waals surface area contributed by atoms with Crippen LogP contribution in [0.15, 0.2) is 61.6 Å². The summed E-state index contributed by atoms with van der Waals surface area (Å²) in [5.74, 6) is 0.659. The number of benzene rings is 1. The van der Waals surface area contributed by atoms with Gasteiger partial charge in [0.1, 0.15) is 5.75 Å². The minimum absolute atomic E-state index is 0.307. The Bertz CT molecular complexity index is 1440. The van der Waals surface area contributed by atoms with Crippen LogP contribution in [0.1, 0.15) is 0 Å². The van der Waals surface area contributed by atoms with Crippen molar-refractivity contribution >= 4 is 57.2 Å². The fraction of sp³-hybridized carbons (Fsp3) is 0.231. The van der Waals surface area contributed by atoms with Crippen molar-refractivity contribution in [3.8, 4) is 17.1 Å². The number of ether oxygens (including phenoxy) is 1. The number of rotatable bonds is 10. The number of fused-ring (bicyclic) bond motifs is 1. The maximum Gasteiger partial charge on any atom is 0.247 e. The van der Waals surface area contributed by atoms with Crippen LogP contribution in [0.5, 0.6) is 5.75 Å². The summed E-state index contributed by atoms with van der Waals surface area (Å²) >= 11 is 2.27. The molecule has 0 aliphatic heterocycles. The van der Waals surface area contributed by atoms with Gasteiger partial charge in [0.25, 0.3) is 0 Å². The fourth-order valence-corrected chi connectivity index (χ4v) is 4.36. The van der Waals surface area contributed by atoms with E-state index in [0.717, 1.165) is 33.7 Å². The van der Waals surface area contributed by atoms with Gasteiger partial charge < -0.3 is 25.2 Å². The first-order valence-electron chi connectivity index (χ1n) is 11.5. The average molecular weight is 612 g/mol. The van der Waals surface area contributed by atoms with Gasteiger partial charge in [-0.2, -0.15) is 0 Å². The maximum absolute atomic E-state index is 12.2. The van der Waals surface area contributed by atoms with Gasteiger partial charge in [-0.1, -0.05) is 6.58 Å². The Hall–Kier alpha value is -3.71. The molecule has 11 heteroatoms. The monoisotopic (exact) mass is 612 g/mol. The zero-order valence-corrected chi connectivity index (χ0v) is 23.4. The normalized spacial score (nSPS) is 11.0. The van der Waals surface area contributed by atoms with Crippen molar-refractivity contribution < 1.29 is 9.53 Å². The third-order valence-electron chi connectivity index (χ3n) is 5.71. The van der Waals surface area contributed by atoms with Gasteiger partial charge in [0, 0.05) is 38.6 Å². The summed E-state index contributed by atoms with van der Waals surface area (Å²) in [4.78, 5) is 30.0. The summed E-state index contributed by atoms with van der Waals surface area (Å²) in [6, 6.07) is 9.52. The minimum atomic E-state index is -0.307. The molecule has 3 heterocycles. The van der Waals surface area contributed by atoms with Crippen molar-refractivity contribution in [1.82, 2.24) is 24.3 Å². The molecule has 0 radical (unpaired) electrons. The van der Waals surface area contributed by atoms with Crippen LogP contribution in [0.4, 0.5) is 23.0 Å². The molecule has 0 aliphatic rings. The van der Waals surface area contributed by atoms with Gasteiger partial charge in [-0.3, -0.25) is 9.20 Å². The molecule has 3 aromatic heterocycles. The first-order chi connectivity index (χ1) is 17.8. The first-order valence-corrected chi connectivity index (χ1v) is 12.6. The molecule has 10 nitrogen and oxygen atoms in total. The number of likely N-dealkylation sites (N-methyl/N-ethyl adjacent to an activating group) is 2. The molecule has 0 spiro atoms. The number of nitrogens with one attached hydrogen (secondary N) is 2. The third kappa shape index (κ3) is 6.00. The summed E-state index contributed by atoms with van der Waals surface area (Å²) < 4.78 is 8.74. The van der Waals surface area contributed by atoms with Gasteiger partial charge in [-0.05, 0) is 67.0 Å². The molecular weight excluding hydrogens is 583 g/mol. The smallest absolute Gasteiger partial charge is 0.247 e. The second-order valence-electron chi connectivity index (χ2n) is 8.57. The van der Waals surface area contributed by atoms with E-state index in [1.807, 2.05) is 62.1 Å². The minimum Gasteiger partial charge on any atom is -0.494 e. The number of amides is 1. The number of hydrogen-bond donors (Lipinski definition) is 2. The number of hydrogen-bond acceptors (Lipinski definition) is 8. The van der Waals surface area contributed by atoms with Crippen LogP contribution >= 0.6 is 22.6 Å². The van der Waals surface area contributed by atoms with E-state index in [1.54, 1.807) is 19.5 Å². The lowest BCUT2D eigenvalue weighted by Crippen LogP contribution is -2.29. The van der Waals surface area contributed by atoms with Crippen molar-refractivity contribution in [3.05, 3.63) is 65.1 Å². The van der Waals surface area contributed by atoms with Crippen LogP contribution in [0, 0.1) is 3.57 Å².